The molecule has 0 unspecified atom stereocenters. The van der Waals surface area contributed by atoms with Gasteiger partial charge in [-0.25, -0.2) is 0 Å². The molecule has 0 atom stereocenters. The first-order chi connectivity index (χ1) is 9.75. The minimum Gasteiger partial charge on any atom is -0.352 e. The maximum Gasteiger partial charge on any atom is 0.159 e. The number of hydrogen-bond donors (Lipinski definition) is 0. The van der Waals surface area contributed by atoms with E-state index in [1.807, 2.05) is 50.5 Å². The van der Waals surface area contributed by atoms with E-state index in [4.69, 9.17) is 0 Å². The lowest BCUT2D eigenvalue weighted by molar-refractivity contribution is 0.845. The Balaban J connectivity index is 2.00. The highest BCUT2D eigenvalue weighted by molar-refractivity contribution is 5.93. The first-order valence-electron chi connectivity index (χ1n) is 6.59. The van der Waals surface area contributed by atoms with Crippen molar-refractivity contribution in [1.82, 2.24) is 15.2 Å². The summed E-state index contributed by atoms with van der Waals surface area (Å²) in [5.74, 6) is 0.886. The highest BCUT2D eigenvalue weighted by Crippen LogP contribution is 2.25. The SMILES string of the molecule is Cc1nnc(N(C)Cc2ccccn2)c2ccccc12. The van der Waals surface area contributed by atoms with Crippen LogP contribution < -0.4 is 4.90 Å². The number of aromatic nitrogens is 3. The second kappa shape index (κ2) is 5.25. The molecule has 20 heavy (non-hydrogen) atoms. The van der Waals surface area contributed by atoms with Gasteiger partial charge >= 0.3 is 0 Å². The van der Waals surface area contributed by atoms with Crippen molar-refractivity contribution in [2.45, 2.75) is 13.5 Å². The van der Waals surface area contributed by atoms with Crippen LogP contribution in [0, 0.1) is 6.92 Å². The Hall–Kier alpha value is -2.49. The molecule has 0 spiro atoms. The van der Waals surface area contributed by atoms with Crippen LogP contribution in [0.1, 0.15) is 11.4 Å². The molecule has 0 fully saturated rings. The third-order valence-electron chi connectivity index (χ3n) is 3.34. The van der Waals surface area contributed by atoms with Gasteiger partial charge in [0, 0.05) is 24.0 Å². The fourth-order valence-electron chi connectivity index (χ4n) is 2.32. The van der Waals surface area contributed by atoms with E-state index in [0.29, 0.717) is 6.54 Å². The number of nitrogens with zero attached hydrogens (tertiary/aromatic N) is 4. The molecule has 0 saturated carbocycles. The van der Waals surface area contributed by atoms with Crippen LogP contribution in [0.5, 0.6) is 0 Å². The van der Waals surface area contributed by atoms with Crippen LogP contribution in [0.2, 0.25) is 0 Å². The van der Waals surface area contributed by atoms with Crippen molar-refractivity contribution in [3.05, 3.63) is 60.0 Å². The summed E-state index contributed by atoms with van der Waals surface area (Å²) in [5.41, 5.74) is 1.97. The molecule has 3 rings (SSSR count). The predicted octanol–water partition coefficient (Wildman–Crippen LogP) is 2.97. The van der Waals surface area contributed by atoms with Gasteiger partial charge in [0.1, 0.15) is 0 Å². The average molecular weight is 264 g/mol. The lowest BCUT2D eigenvalue weighted by atomic mass is 10.1. The van der Waals surface area contributed by atoms with Crippen LogP contribution in [0.3, 0.4) is 0 Å². The first-order valence-corrected chi connectivity index (χ1v) is 6.59. The van der Waals surface area contributed by atoms with E-state index >= 15 is 0 Å². The van der Waals surface area contributed by atoms with Crippen molar-refractivity contribution in [3.8, 4) is 0 Å². The van der Waals surface area contributed by atoms with Gasteiger partial charge < -0.3 is 4.90 Å². The van der Waals surface area contributed by atoms with Gasteiger partial charge in [-0.3, -0.25) is 4.98 Å². The molecule has 2 heterocycles. The van der Waals surface area contributed by atoms with Gasteiger partial charge in [-0.05, 0) is 19.1 Å². The molecule has 0 aliphatic rings. The Morgan fingerprint density at radius 3 is 2.45 bits per heavy atom. The number of rotatable bonds is 3. The molecule has 3 aromatic rings. The van der Waals surface area contributed by atoms with Gasteiger partial charge in [0.25, 0.3) is 0 Å². The minimum atomic E-state index is 0.711. The molecule has 0 N–H and O–H groups in total. The van der Waals surface area contributed by atoms with Crippen LogP contribution >= 0.6 is 0 Å². The Bertz CT molecular complexity index is 725. The zero-order chi connectivity index (χ0) is 13.9. The Morgan fingerprint density at radius 2 is 1.70 bits per heavy atom. The van der Waals surface area contributed by atoms with Crippen LogP contribution in [-0.2, 0) is 6.54 Å². The zero-order valence-corrected chi connectivity index (χ0v) is 11.6. The molecular weight excluding hydrogens is 248 g/mol. The molecule has 4 nitrogen and oxygen atoms in total. The molecule has 4 heteroatoms. The number of pyridine rings is 1. The van der Waals surface area contributed by atoms with Crippen LogP contribution in [0.4, 0.5) is 5.82 Å². The third-order valence-corrected chi connectivity index (χ3v) is 3.34. The lowest BCUT2D eigenvalue weighted by Crippen LogP contribution is -2.19. The van der Waals surface area contributed by atoms with Crippen molar-refractivity contribution < 1.29 is 0 Å². The van der Waals surface area contributed by atoms with Crippen molar-refractivity contribution in [2.24, 2.45) is 0 Å². The van der Waals surface area contributed by atoms with Gasteiger partial charge in [-0.15, -0.1) is 5.10 Å². The smallest absolute Gasteiger partial charge is 0.159 e. The summed E-state index contributed by atoms with van der Waals surface area (Å²) in [4.78, 5) is 6.43. The zero-order valence-electron chi connectivity index (χ0n) is 11.6. The molecule has 0 radical (unpaired) electrons. The predicted molar refractivity (Wildman–Crippen MR) is 80.6 cm³/mol. The Kier molecular flexibility index (Phi) is 3.29. The van der Waals surface area contributed by atoms with Crippen molar-refractivity contribution in [2.75, 3.05) is 11.9 Å². The molecule has 0 bridgehead atoms. The highest BCUT2D eigenvalue weighted by Gasteiger charge is 2.11. The molecular formula is C16H16N4. The fraction of sp³-hybridized carbons (Fsp3) is 0.188. The van der Waals surface area contributed by atoms with E-state index in [2.05, 4.69) is 32.2 Å². The van der Waals surface area contributed by atoms with E-state index < -0.39 is 0 Å². The summed E-state index contributed by atoms with van der Waals surface area (Å²) in [7, 11) is 2.01. The van der Waals surface area contributed by atoms with Crippen molar-refractivity contribution in [1.29, 1.82) is 0 Å². The first kappa shape index (κ1) is 12.5. The number of aryl methyl sites for hydroxylation is 1. The average Bonchev–Trinajstić information content (AvgIpc) is 2.49. The second-order valence-corrected chi connectivity index (χ2v) is 4.83. The summed E-state index contributed by atoms with van der Waals surface area (Å²) in [6.45, 7) is 2.69. The number of fused-ring (bicyclic) bond motifs is 1. The van der Waals surface area contributed by atoms with E-state index in [1.165, 1.54) is 0 Å². The van der Waals surface area contributed by atoms with E-state index in [-0.39, 0.29) is 0 Å². The quantitative estimate of drug-likeness (QED) is 0.729. The Labute approximate surface area is 118 Å². The molecule has 1 aromatic carbocycles. The molecule has 100 valence electrons. The van der Waals surface area contributed by atoms with Crippen molar-refractivity contribution >= 4 is 16.6 Å². The molecule has 0 aliphatic heterocycles. The van der Waals surface area contributed by atoms with Gasteiger partial charge in [0.2, 0.25) is 0 Å². The topological polar surface area (TPSA) is 41.9 Å². The summed E-state index contributed by atoms with van der Waals surface area (Å²) < 4.78 is 0. The molecule has 2 aromatic heterocycles. The maximum atomic E-state index is 4.35. The van der Waals surface area contributed by atoms with Gasteiger partial charge in [0.05, 0.1) is 17.9 Å². The van der Waals surface area contributed by atoms with Gasteiger partial charge in [0.15, 0.2) is 5.82 Å². The van der Waals surface area contributed by atoms with Crippen LogP contribution in [-0.4, -0.2) is 22.2 Å². The normalized spacial score (nSPS) is 10.7. The molecule has 0 saturated heterocycles. The second-order valence-electron chi connectivity index (χ2n) is 4.83. The van der Waals surface area contributed by atoms with Gasteiger partial charge in [-0.2, -0.15) is 5.10 Å². The number of anilines is 1. The number of hydrogen-bond acceptors (Lipinski definition) is 4. The maximum absolute atomic E-state index is 4.35. The van der Waals surface area contributed by atoms with Crippen molar-refractivity contribution in [3.63, 3.8) is 0 Å². The Morgan fingerprint density at radius 1 is 0.950 bits per heavy atom. The third kappa shape index (κ3) is 2.32. The summed E-state index contributed by atoms with van der Waals surface area (Å²) in [5, 5.41) is 10.9. The summed E-state index contributed by atoms with van der Waals surface area (Å²) in [6.07, 6.45) is 1.81. The molecule has 0 aliphatic carbocycles. The minimum absolute atomic E-state index is 0.711. The van der Waals surface area contributed by atoms with Crippen LogP contribution in [0.25, 0.3) is 10.8 Å². The van der Waals surface area contributed by atoms with Crippen LogP contribution in [0.15, 0.2) is 48.7 Å². The van der Waals surface area contributed by atoms with Gasteiger partial charge in [-0.1, -0.05) is 30.3 Å². The van der Waals surface area contributed by atoms with E-state index in [1.54, 1.807) is 0 Å². The fourth-order valence-corrected chi connectivity index (χ4v) is 2.32. The monoisotopic (exact) mass is 264 g/mol. The molecule has 0 amide bonds. The van der Waals surface area contributed by atoms with E-state index in [0.717, 1.165) is 28.0 Å². The summed E-state index contributed by atoms with van der Waals surface area (Å²) in [6, 6.07) is 14.2. The largest absolute Gasteiger partial charge is 0.352 e. The lowest BCUT2D eigenvalue weighted by Gasteiger charge is -2.19. The summed E-state index contributed by atoms with van der Waals surface area (Å²) >= 11 is 0. The highest BCUT2D eigenvalue weighted by atomic mass is 15.2. The standard InChI is InChI=1S/C16H16N4/c1-12-14-8-3-4-9-15(14)16(19-18-12)20(2)11-13-7-5-6-10-17-13/h3-10H,11H2,1-2H3. The van der Waals surface area contributed by atoms with E-state index in [9.17, 15) is 0 Å². The number of benzene rings is 1.